The van der Waals surface area contributed by atoms with Gasteiger partial charge in [-0.3, -0.25) is 4.98 Å². The van der Waals surface area contributed by atoms with Gasteiger partial charge in [-0.15, -0.1) is 0 Å². The quantitative estimate of drug-likeness (QED) is 0.864. The summed E-state index contributed by atoms with van der Waals surface area (Å²) >= 11 is 0. The highest BCUT2D eigenvalue weighted by Gasteiger charge is 2.47. The molecule has 1 spiro atoms. The smallest absolute Gasteiger partial charge is 0.225 e. The Labute approximate surface area is 143 Å². The van der Waals surface area contributed by atoms with Gasteiger partial charge in [0.15, 0.2) is 0 Å². The van der Waals surface area contributed by atoms with Gasteiger partial charge in [-0.05, 0) is 55.2 Å². The molecule has 0 aromatic carbocycles. The summed E-state index contributed by atoms with van der Waals surface area (Å²) in [5, 5.41) is 0. The molecule has 1 aliphatic heterocycles. The first-order chi connectivity index (χ1) is 11.8. The van der Waals surface area contributed by atoms with Crippen LogP contribution < -0.4 is 9.64 Å². The molecule has 2 aliphatic rings. The van der Waals surface area contributed by atoms with Crippen LogP contribution in [-0.4, -0.2) is 34.1 Å². The summed E-state index contributed by atoms with van der Waals surface area (Å²) in [6.07, 6.45) is 13.5. The van der Waals surface area contributed by atoms with Gasteiger partial charge in [0.25, 0.3) is 0 Å². The predicted octanol–water partition coefficient (Wildman–Crippen LogP) is 3.26. The fourth-order valence-electron chi connectivity index (χ4n) is 3.88. The van der Waals surface area contributed by atoms with Crippen LogP contribution >= 0.6 is 0 Å². The van der Waals surface area contributed by atoms with Crippen LogP contribution in [0.3, 0.4) is 0 Å². The molecule has 0 N–H and O–H groups in total. The van der Waals surface area contributed by atoms with Gasteiger partial charge >= 0.3 is 0 Å². The van der Waals surface area contributed by atoms with E-state index in [0.29, 0.717) is 11.5 Å². The Bertz CT molecular complexity index is 658. The van der Waals surface area contributed by atoms with Crippen LogP contribution in [0.2, 0.25) is 0 Å². The zero-order valence-corrected chi connectivity index (χ0v) is 14.2. The SMILES string of the molecule is CCc1cnc(N2CCC3(CC2)CC(Oc2cccnc2)C3)nc1. The molecule has 1 saturated carbocycles. The number of pyridine rings is 1. The lowest BCUT2D eigenvalue weighted by Gasteiger charge is -2.51. The second-order valence-electron chi connectivity index (χ2n) is 7.07. The molecule has 3 heterocycles. The van der Waals surface area contributed by atoms with Gasteiger partial charge in [0.2, 0.25) is 5.95 Å². The zero-order chi connectivity index (χ0) is 16.4. The van der Waals surface area contributed by atoms with Crippen molar-refractivity contribution in [3.8, 4) is 5.75 Å². The summed E-state index contributed by atoms with van der Waals surface area (Å²) in [5.41, 5.74) is 1.66. The van der Waals surface area contributed by atoms with Crippen molar-refractivity contribution in [1.29, 1.82) is 0 Å². The first-order valence-corrected chi connectivity index (χ1v) is 8.89. The first kappa shape index (κ1) is 15.4. The third-order valence-corrected chi connectivity index (χ3v) is 5.47. The summed E-state index contributed by atoms with van der Waals surface area (Å²) in [4.78, 5) is 15.5. The number of nitrogens with zero attached hydrogens (tertiary/aromatic N) is 4. The van der Waals surface area contributed by atoms with Crippen LogP contribution in [0.1, 0.15) is 38.2 Å². The maximum atomic E-state index is 6.01. The summed E-state index contributed by atoms with van der Waals surface area (Å²) < 4.78 is 6.01. The van der Waals surface area contributed by atoms with Crippen molar-refractivity contribution in [2.45, 2.75) is 45.1 Å². The van der Waals surface area contributed by atoms with Crippen molar-refractivity contribution in [3.63, 3.8) is 0 Å². The number of aromatic nitrogens is 3. The fourth-order valence-corrected chi connectivity index (χ4v) is 3.88. The highest BCUT2D eigenvalue weighted by Crippen LogP contribution is 2.50. The highest BCUT2D eigenvalue weighted by molar-refractivity contribution is 5.31. The van der Waals surface area contributed by atoms with E-state index in [9.17, 15) is 0 Å². The molecule has 5 nitrogen and oxygen atoms in total. The minimum absolute atomic E-state index is 0.348. The van der Waals surface area contributed by atoms with Crippen molar-refractivity contribution < 1.29 is 4.74 Å². The number of hydrogen-bond donors (Lipinski definition) is 0. The fraction of sp³-hybridized carbons (Fsp3) is 0.526. The van der Waals surface area contributed by atoms with E-state index in [0.717, 1.165) is 44.0 Å². The molecule has 126 valence electrons. The van der Waals surface area contributed by atoms with Gasteiger partial charge in [0.1, 0.15) is 5.75 Å². The van der Waals surface area contributed by atoms with Gasteiger partial charge in [-0.25, -0.2) is 9.97 Å². The lowest BCUT2D eigenvalue weighted by atomic mass is 9.61. The number of ether oxygens (including phenoxy) is 1. The summed E-state index contributed by atoms with van der Waals surface area (Å²) in [7, 11) is 0. The van der Waals surface area contributed by atoms with E-state index in [1.807, 2.05) is 24.5 Å². The van der Waals surface area contributed by atoms with Gasteiger partial charge in [-0.2, -0.15) is 0 Å². The first-order valence-electron chi connectivity index (χ1n) is 8.89. The zero-order valence-electron chi connectivity index (χ0n) is 14.2. The molecule has 2 fully saturated rings. The molecular weight excluding hydrogens is 300 g/mol. The normalized spacial score (nSPS) is 20.0. The Kier molecular flexibility index (Phi) is 4.08. The molecule has 1 saturated heterocycles. The lowest BCUT2D eigenvalue weighted by molar-refractivity contribution is -0.0313. The number of piperidine rings is 1. The Morgan fingerprint density at radius 1 is 1.17 bits per heavy atom. The summed E-state index contributed by atoms with van der Waals surface area (Å²) in [5.74, 6) is 1.77. The minimum Gasteiger partial charge on any atom is -0.489 e. The van der Waals surface area contributed by atoms with E-state index in [1.165, 1.54) is 18.4 Å². The van der Waals surface area contributed by atoms with Crippen molar-refractivity contribution in [1.82, 2.24) is 15.0 Å². The molecule has 0 atom stereocenters. The lowest BCUT2D eigenvalue weighted by Crippen LogP contribution is -2.51. The van der Waals surface area contributed by atoms with E-state index in [4.69, 9.17) is 4.74 Å². The maximum Gasteiger partial charge on any atom is 0.225 e. The molecule has 24 heavy (non-hydrogen) atoms. The van der Waals surface area contributed by atoms with Crippen molar-refractivity contribution in [3.05, 3.63) is 42.5 Å². The Hall–Kier alpha value is -2.17. The van der Waals surface area contributed by atoms with Crippen LogP contribution in [-0.2, 0) is 6.42 Å². The molecule has 4 rings (SSSR count). The van der Waals surface area contributed by atoms with Crippen molar-refractivity contribution in [2.75, 3.05) is 18.0 Å². The van der Waals surface area contributed by atoms with Crippen molar-refractivity contribution >= 4 is 5.95 Å². The van der Waals surface area contributed by atoms with Crippen LogP contribution in [0.5, 0.6) is 5.75 Å². The summed E-state index contributed by atoms with van der Waals surface area (Å²) in [6.45, 7) is 4.22. The van der Waals surface area contributed by atoms with E-state index < -0.39 is 0 Å². The molecule has 0 amide bonds. The van der Waals surface area contributed by atoms with Gasteiger partial charge in [0, 0.05) is 31.7 Å². The van der Waals surface area contributed by atoms with Crippen LogP contribution in [0.25, 0.3) is 0 Å². The average Bonchev–Trinajstić information content (AvgIpc) is 2.62. The van der Waals surface area contributed by atoms with E-state index in [-0.39, 0.29) is 0 Å². The molecule has 5 heteroatoms. The second-order valence-corrected chi connectivity index (χ2v) is 7.07. The Morgan fingerprint density at radius 3 is 2.54 bits per heavy atom. The van der Waals surface area contributed by atoms with Gasteiger partial charge < -0.3 is 9.64 Å². The van der Waals surface area contributed by atoms with Crippen LogP contribution in [0.15, 0.2) is 36.9 Å². The molecule has 0 bridgehead atoms. The van der Waals surface area contributed by atoms with E-state index >= 15 is 0 Å². The predicted molar refractivity (Wildman–Crippen MR) is 93.2 cm³/mol. The largest absolute Gasteiger partial charge is 0.489 e. The number of rotatable bonds is 4. The molecule has 1 aliphatic carbocycles. The average molecular weight is 324 g/mol. The molecule has 2 aromatic heterocycles. The number of aryl methyl sites for hydroxylation is 1. The third-order valence-electron chi connectivity index (χ3n) is 5.47. The van der Waals surface area contributed by atoms with E-state index in [2.05, 4.69) is 26.8 Å². The van der Waals surface area contributed by atoms with E-state index in [1.54, 1.807) is 12.4 Å². The van der Waals surface area contributed by atoms with Crippen LogP contribution in [0, 0.1) is 5.41 Å². The highest BCUT2D eigenvalue weighted by atomic mass is 16.5. The van der Waals surface area contributed by atoms with Gasteiger partial charge in [0.05, 0.1) is 12.3 Å². The monoisotopic (exact) mass is 324 g/mol. The van der Waals surface area contributed by atoms with Crippen molar-refractivity contribution in [2.24, 2.45) is 5.41 Å². The van der Waals surface area contributed by atoms with Gasteiger partial charge in [-0.1, -0.05) is 6.92 Å². The number of hydrogen-bond acceptors (Lipinski definition) is 5. The minimum atomic E-state index is 0.348. The second kappa shape index (κ2) is 6.38. The maximum absolute atomic E-state index is 6.01. The van der Waals surface area contributed by atoms with Crippen LogP contribution in [0.4, 0.5) is 5.95 Å². The third kappa shape index (κ3) is 3.07. The summed E-state index contributed by atoms with van der Waals surface area (Å²) in [6, 6.07) is 3.91. The number of anilines is 1. The molecule has 0 unspecified atom stereocenters. The molecular formula is C19H24N4O. The standard InChI is InChI=1S/C19H24N4O/c1-2-15-12-21-18(22-13-15)23-8-5-19(6-9-23)10-17(11-19)24-16-4-3-7-20-14-16/h3-4,7,12-14,17H,2,5-6,8-11H2,1H3. The molecule has 2 aromatic rings. The topological polar surface area (TPSA) is 51.1 Å². The Balaban J connectivity index is 1.29. The Morgan fingerprint density at radius 2 is 1.92 bits per heavy atom. The molecule has 0 radical (unpaired) electrons.